The Morgan fingerprint density at radius 2 is 2.00 bits per heavy atom. The average Bonchev–Trinajstić information content (AvgIpc) is 2.72. The van der Waals surface area contributed by atoms with Crippen molar-refractivity contribution in [2.45, 2.75) is 33.4 Å². The second kappa shape index (κ2) is 6.35. The van der Waals surface area contributed by atoms with Crippen LogP contribution < -0.4 is 5.32 Å². The molecule has 0 aliphatic heterocycles. The molecule has 0 saturated carbocycles. The van der Waals surface area contributed by atoms with Gasteiger partial charge < -0.3 is 5.32 Å². The lowest BCUT2D eigenvalue weighted by atomic mass is 10.1. The molecule has 3 nitrogen and oxygen atoms in total. The molecule has 0 unspecified atom stereocenters. The van der Waals surface area contributed by atoms with Gasteiger partial charge in [-0.3, -0.25) is 4.68 Å². The molecule has 102 valence electrons. The summed E-state index contributed by atoms with van der Waals surface area (Å²) < 4.78 is 3.05. The van der Waals surface area contributed by atoms with Crippen molar-refractivity contribution < 1.29 is 0 Å². The molecule has 0 bridgehead atoms. The summed E-state index contributed by atoms with van der Waals surface area (Å²) in [5, 5.41) is 7.93. The molecule has 0 radical (unpaired) electrons. The highest BCUT2D eigenvalue weighted by atomic mass is 79.9. The van der Waals surface area contributed by atoms with Crippen molar-refractivity contribution in [2.24, 2.45) is 7.05 Å². The van der Waals surface area contributed by atoms with Gasteiger partial charge in [0.2, 0.25) is 0 Å². The van der Waals surface area contributed by atoms with Crippen molar-refractivity contribution in [3.05, 3.63) is 51.3 Å². The zero-order valence-electron chi connectivity index (χ0n) is 11.7. The molecule has 0 fully saturated rings. The zero-order chi connectivity index (χ0) is 13.8. The van der Waals surface area contributed by atoms with E-state index >= 15 is 0 Å². The van der Waals surface area contributed by atoms with E-state index in [4.69, 9.17) is 0 Å². The Balaban J connectivity index is 1.96. The van der Waals surface area contributed by atoms with Crippen LogP contribution in [0.5, 0.6) is 0 Å². The first-order valence-electron chi connectivity index (χ1n) is 6.57. The van der Waals surface area contributed by atoms with Gasteiger partial charge in [-0.1, -0.05) is 35.0 Å². The molecular formula is C15H20BrN3. The summed E-state index contributed by atoms with van der Waals surface area (Å²) in [6.07, 6.45) is 3.07. The van der Waals surface area contributed by atoms with Gasteiger partial charge in [-0.25, -0.2) is 0 Å². The van der Waals surface area contributed by atoms with Crippen molar-refractivity contribution >= 4 is 15.9 Å². The summed E-state index contributed by atoms with van der Waals surface area (Å²) in [7, 11) is 1.97. The molecule has 2 aromatic rings. The Kier molecular flexibility index (Phi) is 4.77. The molecule has 0 aliphatic rings. The SMILES string of the molecule is CCc1nn(C)cc1CNCc1ccc(C)cc1Br. The Hall–Kier alpha value is -1.13. The fraction of sp³-hybridized carbons (Fsp3) is 0.400. The van der Waals surface area contributed by atoms with Gasteiger partial charge in [-0.2, -0.15) is 5.10 Å². The first kappa shape index (κ1) is 14.3. The number of aromatic nitrogens is 2. The predicted molar refractivity (Wildman–Crippen MR) is 82.0 cm³/mol. The van der Waals surface area contributed by atoms with Crippen LogP contribution in [0.15, 0.2) is 28.9 Å². The molecule has 0 atom stereocenters. The fourth-order valence-corrected chi connectivity index (χ4v) is 2.79. The molecule has 19 heavy (non-hydrogen) atoms. The maximum absolute atomic E-state index is 4.45. The maximum atomic E-state index is 4.45. The second-order valence-electron chi connectivity index (χ2n) is 4.83. The van der Waals surface area contributed by atoms with E-state index in [9.17, 15) is 0 Å². The Morgan fingerprint density at radius 1 is 1.26 bits per heavy atom. The second-order valence-corrected chi connectivity index (χ2v) is 5.68. The molecular weight excluding hydrogens is 302 g/mol. The van der Waals surface area contributed by atoms with E-state index in [-0.39, 0.29) is 0 Å². The van der Waals surface area contributed by atoms with E-state index in [0.29, 0.717) is 0 Å². The van der Waals surface area contributed by atoms with Crippen LogP contribution in [0.3, 0.4) is 0 Å². The first-order valence-corrected chi connectivity index (χ1v) is 7.36. The Bertz CT molecular complexity index is 561. The minimum Gasteiger partial charge on any atom is -0.308 e. The summed E-state index contributed by atoms with van der Waals surface area (Å²) in [5.41, 5.74) is 5.02. The largest absolute Gasteiger partial charge is 0.308 e. The first-order chi connectivity index (χ1) is 9.10. The number of nitrogens with zero attached hydrogens (tertiary/aromatic N) is 2. The summed E-state index contributed by atoms with van der Waals surface area (Å²) in [4.78, 5) is 0. The van der Waals surface area contributed by atoms with Gasteiger partial charge in [0.25, 0.3) is 0 Å². The lowest BCUT2D eigenvalue weighted by Crippen LogP contribution is -2.13. The van der Waals surface area contributed by atoms with Crippen molar-refractivity contribution in [3.63, 3.8) is 0 Å². The summed E-state index contributed by atoms with van der Waals surface area (Å²) in [5.74, 6) is 0. The molecule has 1 heterocycles. The van der Waals surface area contributed by atoms with Crippen molar-refractivity contribution in [2.75, 3.05) is 0 Å². The molecule has 0 aliphatic carbocycles. The van der Waals surface area contributed by atoms with Crippen LogP contribution in [0.2, 0.25) is 0 Å². The topological polar surface area (TPSA) is 29.9 Å². The molecule has 1 N–H and O–H groups in total. The quantitative estimate of drug-likeness (QED) is 0.915. The monoisotopic (exact) mass is 321 g/mol. The number of hydrogen-bond acceptors (Lipinski definition) is 2. The highest BCUT2D eigenvalue weighted by Gasteiger charge is 2.06. The molecule has 1 aromatic heterocycles. The van der Waals surface area contributed by atoms with Crippen LogP contribution in [0.1, 0.15) is 29.3 Å². The van der Waals surface area contributed by atoms with Crippen LogP contribution in [-0.2, 0) is 26.6 Å². The third-order valence-corrected chi connectivity index (χ3v) is 3.90. The average molecular weight is 322 g/mol. The van der Waals surface area contributed by atoms with E-state index < -0.39 is 0 Å². The summed E-state index contributed by atoms with van der Waals surface area (Å²) >= 11 is 3.61. The van der Waals surface area contributed by atoms with Gasteiger partial charge >= 0.3 is 0 Å². The van der Waals surface area contributed by atoms with Gasteiger partial charge in [-0.15, -0.1) is 0 Å². The standard InChI is InChI=1S/C15H20BrN3/c1-4-15-13(10-19(3)18-15)9-17-8-12-6-5-11(2)7-14(12)16/h5-7,10,17H,4,8-9H2,1-3H3. The van der Waals surface area contributed by atoms with Gasteiger partial charge in [-0.05, 0) is 30.5 Å². The van der Waals surface area contributed by atoms with E-state index in [1.54, 1.807) is 0 Å². The molecule has 0 spiro atoms. The van der Waals surface area contributed by atoms with E-state index in [2.05, 4.69) is 64.6 Å². The number of hydrogen-bond donors (Lipinski definition) is 1. The van der Waals surface area contributed by atoms with E-state index in [0.717, 1.165) is 19.5 Å². The number of halogens is 1. The number of benzene rings is 1. The highest BCUT2D eigenvalue weighted by Crippen LogP contribution is 2.18. The summed E-state index contributed by atoms with van der Waals surface area (Å²) in [6, 6.07) is 6.46. The summed E-state index contributed by atoms with van der Waals surface area (Å²) in [6.45, 7) is 5.96. The van der Waals surface area contributed by atoms with Crippen LogP contribution in [-0.4, -0.2) is 9.78 Å². The third-order valence-electron chi connectivity index (χ3n) is 3.17. The van der Waals surface area contributed by atoms with Crippen molar-refractivity contribution in [1.82, 2.24) is 15.1 Å². The number of rotatable bonds is 5. The Morgan fingerprint density at radius 3 is 2.68 bits per heavy atom. The lowest BCUT2D eigenvalue weighted by Gasteiger charge is -2.07. The molecule has 4 heteroatoms. The van der Waals surface area contributed by atoms with Gasteiger partial charge in [0.15, 0.2) is 0 Å². The van der Waals surface area contributed by atoms with Gasteiger partial charge in [0.05, 0.1) is 5.69 Å². The van der Waals surface area contributed by atoms with Crippen molar-refractivity contribution in [1.29, 1.82) is 0 Å². The maximum Gasteiger partial charge on any atom is 0.0666 e. The highest BCUT2D eigenvalue weighted by molar-refractivity contribution is 9.10. The molecule has 2 rings (SSSR count). The predicted octanol–water partition coefficient (Wildman–Crippen LogP) is 3.34. The van der Waals surface area contributed by atoms with Crippen LogP contribution in [0, 0.1) is 6.92 Å². The minimum atomic E-state index is 0.858. The van der Waals surface area contributed by atoms with Crippen LogP contribution in [0.4, 0.5) is 0 Å². The molecule has 1 aromatic carbocycles. The van der Waals surface area contributed by atoms with Gasteiger partial charge in [0.1, 0.15) is 0 Å². The third kappa shape index (κ3) is 3.67. The minimum absolute atomic E-state index is 0.858. The smallest absolute Gasteiger partial charge is 0.0666 e. The zero-order valence-corrected chi connectivity index (χ0v) is 13.3. The lowest BCUT2D eigenvalue weighted by molar-refractivity contribution is 0.686. The number of aryl methyl sites for hydroxylation is 3. The normalized spacial score (nSPS) is 10.9. The van der Waals surface area contributed by atoms with E-state index in [1.807, 2.05) is 11.7 Å². The van der Waals surface area contributed by atoms with Gasteiger partial charge in [0, 0.05) is 36.4 Å². The molecule has 0 amide bonds. The van der Waals surface area contributed by atoms with Crippen LogP contribution in [0.25, 0.3) is 0 Å². The Labute approximate surface area is 123 Å². The van der Waals surface area contributed by atoms with Crippen LogP contribution >= 0.6 is 15.9 Å². The van der Waals surface area contributed by atoms with E-state index in [1.165, 1.54) is 26.9 Å². The fourth-order valence-electron chi connectivity index (χ4n) is 2.16. The molecule has 0 saturated heterocycles. The number of nitrogens with one attached hydrogen (secondary N) is 1. The van der Waals surface area contributed by atoms with Crippen molar-refractivity contribution in [3.8, 4) is 0 Å².